The molecule has 2 aromatic rings. The monoisotopic (exact) mass is 365 g/mol. The lowest BCUT2D eigenvalue weighted by atomic mass is 10.3. The van der Waals surface area contributed by atoms with Crippen molar-refractivity contribution in [1.82, 2.24) is 4.98 Å². The van der Waals surface area contributed by atoms with Crippen LogP contribution in [0.4, 0.5) is 0 Å². The predicted octanol–water partition coefficient (Wildman–Crippen LogP) is 4.79. The summed E-state index contributed by atoms with van der Waals surface area (Å²) >= 11 is 13.9. The molecule has 0 saturated carbocycles. The average molecular weight is 366 g/mol. The topological polar surface area (TPSA) is 22.1 Å². The SMILES string of the molecule is Clc1cnc(Oc2ccccc2I)c(Cl)c1. The van der Waals surface area contributed by atoms with Crippen molar-refractivity contribution in [3.63, 3.8) is 0 Å². The van der Waals surface area contributed by atoms with E-state index in [0.29, 0.717) is 15.9 Å². The maximum absolute atomic E-state index is 5.96. The van der Waals surface area contributed by atoms with Gasteiger partial charge in [0.1, 0.15) is 10.8 Å². The van der Waals surface area contributed by atoms with Gasteiger partial charge in [-0.25, -0.2) is 4.98 Å². The lowest BCUT2D eigenvalue weighted by molar-refractivity contribution is 0.460. The molecule has 16 heavy (non-hydrogen) atoms. The van der Waals surface area contributed by atoms with E-state index in [4.69, 9.17) is 27.9 Å². The summed E-state index contributed by atoms with van der Waals surface area (Å²) in [6, 6.07) is 9.22. The molecule has 1 heterocycles. The maximum atomic E-state index is 5.96. The quantitative estimate of drug-likeness (QED) is 0.714. The molecule has 0 amide bonds. The first-order valence-electron chi connectivity index (χ1n) is 4.40. The van der Waals surface area contributed by atoms with E-state index in [1.165, 1.54) is 6.20 Å². The summed E-state index contributed by atoms with van der Waals surface area (Å²) in [5, 5.41) is 0.882. The number of halogens is 3. The van der Waals surface area contributed by atoms with Crippen molar-refractivity contribution in [3.8, 4) is 11.6 Å². The highest BCUT2D eigenvalue weighted by Crippen LogP contribution is 2.31. The van der Waals surface area contributed by atoms with Crippen LogP contribution in [0.1, 0.15) is 0 Å². The van der Waals surface area contributed by atoms with Crippen LogP contribution in [0.2, 0.25) is 10.0 Å². The summed E-state index contributed by atoms with van der Waals surface area (Å²) in [4.78, 5) is 4.02. The van der Waals surface area contributed by atoms with Crippen molar-refractivity contribution < 1.29 is 4.74 Å². The first-order chi connectivity index (χ1) is 7.66. The molecular formula is C11H6Cl2INO. The van der Waals surface area contributed by atoms with Gasteiger partial charge in [-0.1, -0.05) is 35.3 Å². The van der Waals surface area contributed by atoms with Gasteiger partial charge in [0, 0.05) is 6.20 Å². The Morgan fingerprint density at radius 2 is 1.94 bits per heavy atom. The maximum Gasteiger partial charge on any atom is 0.238 e. The second-order valence-electron chi connectivity index (χ2n) is 2.97. The second-order valence-corrected chi connectivity index (χ2v) is 4.98. The lowest BCUT2D eigenvalue weighted by Gasteiger charge is -2.07. The van der Waals surface area contributed by atoms with Crippen LogP contribution in [0.15, 0.2) is 36.5 Å². The van der Waals surface area contributed by atoms with Crippen molar-refractivity contribution in [2.75, 3.05) is 0 Å². The number of nitrogens with zero attached hydrogens (tertiary/aromatic N) is 1. The van der Waals surface area contributed by atoms with E-state index < -0.39 is 0 Å². The Morgan fingerprint density at radius 3 is 2.62 bits per heavy atom. The van der Waals surface area contributed by atoms with Gasteiger partial charge in [-0.2, -0.15) is 0 Å². The number of rotatable bonds is 2. The minimum absolute atomic E-state index is 0.357. The molecule has 0 unspecified atom stereocenters. The Morgan fingerprint density at radius 1 is 1.19 bits per heavy atom. The number of ether oxygens (including phenoxy) is 1. The van der Waals surface area contributed by atoms with Crippen molar-refractivity contribution >= 4 is 45.8 Å². The van der Waals surface area contributed by atoms with Gasteiger partial charge >= 0.3 is 0 Å². The van der Waals surface area contributed by atoms with Gasteiger partial charge < -0.3 is 4.74 Å². The zero-order valence-corrected chi connectivity index (χ0v) is 11.6. The summed E-state index contributed by atoms with van der Waals surface area (Å²) in [7, 11) is 0. The van der Waals surface area contributed by atoms with Crippen LogP contribution in [-0.2, 0) is 0 Å². The van der Waals surface area contributed by atoms with E-state index in [-0.39, 0.29) is 0 Å². The largest absolute Gasteiger partial charge is 0.436 e. The lowest BCUT2D eigenvalue weighted by Crippen LogP contribution is -1.90. The number of aromatic nitrogens is 1. The summed E-state index contributed by atoms with van der Waals surface area (Å²) in [6.07, 6.45) is 1.50. The zero-order valence-electron chi connectivity index (χ0n) is 7.95. The van der Waals surface area contributed by atoms with E-state index in [2.05, 4.69) is 27.6 Å². The fraction of sp³-hybridized carbons (Fsp3) is 0. The summed E-state index contributed by atoms with van der Waals surface area (Å²) < 4.78 is 6.58. The van der Waals surface area contributed by atoms with Crippen LogP contribution < -0.4 is 4.74 Å². The third-order valence-corrected chi connectivity index (χ3v) is 3.19. The average Bonchev–Trinajstić information content (AvgIpc) is 2.25. The second kappa shape index (κ2) is 5.21. The van der Waals surface area contributed by atoms with E-state index in [9.17, 15) is 0 Å². The highest BCUT2D eigenvalue weighted by molar-refractivity contribution is 14.1. The first-order valence-corrected chi connectivity index (χ1v) is 6.24. The Hall–Kier alpha value is -0.520. The Balaban J connectivity index is 2.31. The third-order valence-electron chi connectivity index (χ3n) is 1.82. The number of hydrogen-bond donors (Lipinski definition) is 0. The van der Waals surface area contributed by atoms with Gasteiger partial charge in [0.15, 0.2) is 0 Å². The highest BCUT2D eigenvalue weighted by atomic mass is 127. The molecule has 0 aliphatic heterocycles. The van der Waals surface area contributed by atoms with Gasteiger partial charge in [-0.05, 0) is 40.8 Å². The van der Waals surface area contributed by atoms with Gasteiger partial charge in [-0.15, -0.1) is 0 Å². The molecule has 1 aromatic heterocycles. The van der Waals surface area contributed by atoms with Gasteiger partial charge in [-0.3, -0.25) is 0 Å². The standard InChI is InChI=1S/C11H6Cl2INO/c12-7-5-8(13)11(15-6-7)16-10-4-2-1-3-9(10)14/h1-6H. The molecule has 0 fully saturated rings. The molecule has 82 valence electrons. The van der Waals surface area contributed by atoms with Crippen molar-refractivity contribution in [2.24, 2.45) is 0 Å². The molecule has 1 aromatic carbocycles. The molecule has 2 rings (SSSR count). The molecular weight excluding hydrogens is 360 g/mol. The van der Waals surface area contributed by atoms with Crippen LogP contribution in [-0.4, -0.2) is 4.98 Å². The van der Waals surface area contributed by atoms with Crippen LogP contribution in [0.5, 0.6) is 11.6 Å². The number of para-hydroxylation sites is 1. The van der Waals surface area contributed by atoms with Gasteiger partial charge in [0.05, 0.1) is 8.59 Å². The molecule has 0 bridgehead atoms. The van der Waals surface area contributed by atoms with Gasteiger partial charge in [0.25, 0.3) is 0 Å². The molecule has 0 spiro atoms. The normalized spacial score (nSPS) is 10.2. The number of hydrogen-bond acceptors (Lipinski definition) is 2. The molecule has 0 aliphatic carbocycles. The highest BCUT2D eigenvalue weighted by Gasteiger charge is 2.07. The van der Waals surface area contributed by atoms with Crippen LogP contribution in [0.25, 0.3) is 0 Å². The third kappa shape index (κ3) is 2.78. The fourth-order valence-corrected chi connectivity index (χ4v) is 2.02. The fourth-order valence-electron chi connectivity index (χ4n) is 1.11. The van der Waals surface area contributed by atoms with Crippen LogP contribution in [0, 0.1) is 3.57 Å². The van der Waals surface area contributed by atoms with Crippen molar-refractivity contribution in [1.29, 1.82) is 0 Å². The summed E-state index contributed by atoms with van der Waals surface area (Å²) in [5.41, 5.74) is 0. The molecule has 0 atom stereocenters. The predicted molar refractivity (Wildman–Crippen MR) is 73.5 cm³/mol. The number of pyridine rings is 1. The van der Waals surface area contributed by atoms with E-state index >= 15 is 0 Å². The van der Waals surface area contributed by atoms with Crippen molar-refractivity contribution in [3.05, 3.63) is 50.1 Å². The Bertz CT molecular complexity index is 519. The summed E-state index contributed by atoms with van der Waals surface area (Å²) in [6.45, 7) is 0. The minimum Gasteiger partial charge on any atom is -0.436 e. The summed E-state index contributed by atoms with van der Waals surface area (Å²) in [5.74, 6) is 1.08. The molecule has 0 aliphatic rings. The van der Waals surface area contributed by atoms with E-state index in [1.807, 2.05) is 24.3 Å². The molecule has 0 saturated heterocycles. The molecule has 5 heteroatoms. The smallest absolute Gasteiger partial charge is 0.238 e. The van der Waals surface area contributed by atoms with Crippen molar-refractivity contribution in [2.45, 2.75) is 0 Å². The van der Waals surface area contributed by atoms with Gasteiger partial charge in [0.2, 0.25) is 5.88 Å². The molecule has 0 radical (unpaired) electrons. The zero-order chi connectivity index (χ0) is 11.5. The molecule has 0 N–H and O–H groups in total. The van der Waals surface area contributed by atoms with Crippen LogP contribution >= 0.6 is 45.8 Å². The number of benzene rings is 1. The molecule has 2 nitrogen and oxygen atoms in total. The Kier molecular flexibility index (Phi) is 3.89. The minimum atomic E-state index is 0.357. The van der Waals surface area contributed by atoms with E-state index in [1.54, 1.807) is 6.07 Å². The Labute approximate surface area is 117 Å². The van der Waals surface area contributed by atoms with Crippen LogP contribution in [0.3, 0.4) is 0 Å². The first kappa shape index (κ1) is 12.0. The van der Waals surface area contributed by atoms with E-state index in [0.717, 1.165) is 9.32 Å².